The predicted octanol–water partition coefficient (Wildman–Crippen LogP) is 3.49. The summed E-state index contributed by atoms with van der Waals surface area (Å²) in [5, 5.41) is 11.3. The van der Waals surface area contributed by atoms with E-state index in [0.717, 1.165) is 48.9 Å². The van der Waals surface area contributed by atoms with Gasteiger partial charge in [-0.25, -0.2) is 0 Å². The van der Waals surface area contributed by atoms with Gasteiger partial charge in [0.2, 0.25) is 5.91 Å². The normalized spacial score (nSPS) is 15.2. The number of likely N-dealkylation sites (N-methyl/N-ethyl adjacent to an activating group) is 2. The zero-order valence-corrected chi connectivity index (χ0v) is 18.6. The highest BCUT2D eigenvalue weighted by Crippen LogP contribution is 2.27. The van der Waals surface area contributed by atoms with Gasteiger partial charge in [-0.15, -0.1) is 12.4 Å². The van der Waals surface area contributed by atoms with Crippen LogP contribution in [-0.2, 0) is 9.59 Å². The number of carboxylic acids is 1. The SMILES string of the molecule is CCN(C(=O)CN1CCC(N(CC)CC(=O)O)CC1)c1cccc2ccccc12.Cl. The van der Waals surface area contributed by atoms with E-state index in [4.69, 9.17) is 5.11 Å². The third-order valence-electron chi connectivity index (χ3n) is 5.85. The molecule has 3 rings (SSSR count). The van der Waals surface area contributed by atoms with Crippen LogP contribution in [0.4, 0.5) is 5.69 Å². The lowest BCUT2D eigenvalue weighted by molar-refractivity contribution is -0.139. The Morgan fingerprint density at radius 1 is 1.03 bits per heavy atom. The second-order valence-electron chi connectivity index (χ2n) is 7.60. The third kappa shape index (κ3) is 5.72. The van der Waals surface area contributed by atoms with E-state index in [2.05, 4.69) is 23.1 Å². The molecule has 0 aliphatic carbocycles. The quantitative estimate of drug-likeness (QED) is 0.690. The Morgan fingerprint density at radius 3 is 2.33 bits per heavy atom. The molecule has 1 aliphatic rings. The molecular formula is C23H32ClN3O3. The maximum atomic E-state index is 13.1. The van der Waals surface area contributed by atoms with E-state index in [0.29, 0.717) is 13.1 Å². The van der Waals surface area contributed by atoms with E-state index in [1.807, 2.05) is 47.9 Å². The molecule has 0 aromatic heterocycles. The fourth-order valence-corrected chi connectivity index (χ4v) is 4.32. The number of anilines is 1. The molecule has 2 aromatic carbocycles. The van der Waals surface area contributed by atoms with Gasteiger partial charge < -0.3 is 10.0 Å². The molecule has 1 aliphatic heterocycles. The molecule has 1 fully saturated rings. The Bertz CT molecular complexity index is 847. The zero-order valence-electron chi connectivity index (χ0n) is 17.8. The number of piperidine rings is 1. The first kappa shape index (κ1) is 24.1. The van der Waals surface area contributed by atoms with Crippen molar-refractivity contribution in [1.29, 1.82) is 0 Å². The van der Waals surface area contributed by atoms with Crippen molar-refractivity contribution in [3.8, 4) is 0 Å². The summed E-state index contributed by atoms with van der Waals surface area (Å²) in [5.74, 6) is -0.668. The number of likely N-dealkylation sites (tertiary alicyclic amines) is 1. The molecule has 0 radical (unpaired) electrons. The first-order valence-electron chi connectivity index (χ1n) is 10.5. The van der Waals surface area contributed by atoms with Crippen LogP contribution in [0.25, 0.3) is 10.8 Å². The van der Waals surface area contributed by atoms with Crippen molar-refractivity contribution in [2.75, 3.05) is 44.2 Å². The van der Waals surface area contributed by atoms with E-state index in [9.17, 15) is 9.59 Å². The van der Waals surface area contributed by atoms with Crippen LogP contribution in [0, 0.1) is 0 Å². The van der Waals surface area contributed by atoms with Crippen LogP contribution in [-0.4, -0.2) is 72.1 Å². The van der Waals surface area contributed by atoms with Crippen molar-refractivity contribution < 1.29 is 14.7 Å². The Labute approximate surface area is 184 Å². The summed E-state index contributed by atoms with van der Waals surface area (Å²) >= 11 is 0. The first-order chi connectivity index (χ1) is 14.0. The summed E-state index contributed by atoms with van der Waals surface area (Å²) in [7, 11) is 0. The van der Waals surface area contributed by atoms with Gasteiger partial charge in [-0.2, -0.15) is 0 Å². The highest BCUT2D eigenvalue weighted by Gasteiger charge is 2.27. The van der Waals surface area contributed by atoms with E-state index in [-0.39, 0.29) is 30.9 Å². The summed E-state index contributed by atoms with van der Waals surface area (Å²) < 4.78 is 0. The molecule has 0 saturated carbocycles. The maximum Gasteiger partial charge on any atom is 0.317 e. The molecule has 1 saturated heterocycles. The van der Waals surface area contributed by atoms with Gasteiger partial charge in [-0.05, 0) is 37.8 Å². The van der Waals surface area contributed by atoms with Gasteiger partial charge >= 0.3 is 5.97 Å². The minimum Gasteiger partial charge on any atom is -0.480 e. The number of hydrogen-bond acceptors (Lipinski definition) is 4. The van der Waals surface area contributed by atoms with Gasteiger partial charge in [-0.3, -0.25) is 19.4 Å². The summed E-state index contributed by atoms with van der Waals surface area (Å²) in [6, 6.07) is 14.5. The molecule has 1 heterocycles. The number of nitrogens with zero attached hydrogens (tertiary/aromatic N) is 3. The van der Waals surface area contributed by atoms with Gasteiger partial charge in [0, 0.05) is 31.1 Å². The smallest absolute Gasteiger partial charge is 0.317 e. The van der Waals surface area contributed by atoms with Crippen molar-refractivity contribution in [1.82, 2.24) is 9.80 Å². The van der Waals surface area contributed by atoms with Crippen molar-refractivity contribution in [2.24, 2.45) is 0 Å². The van der Waals surface area contributed by atoms with Crippen LogP contribution >= 0.6 is 12.4 Å². The van der Waals surface area contributed by atoms with Gasteiger partial charge in [-0.1, -0.05) is 43.3 Å². The second kappa shape index (κ2) is 11.3. The second-order valence-corrected chi connectivity index (χ2v) is 7.60. The van der Waals surface area contributed by atoms with E-state index >= 15 is 0 Å². The van der Waals surface area contributed by atoms with Crippen LogP contribution in [0.15, 0.2) is 42.5 Å². The first-order valence-corrected chi connectivity index (χ1v) is 10.5. The third-order valence-corrected chi connectivity index (χ3v) is 5.85. The van der Waals surface area contributed by atoms with Crippen molar-refractivity contribution in [2.45, 2.75) is 32.7 Å². The van der Waals surface area contributed by atoms with Crippen molar-refractivity contribution in [3.63, 3.8) is 0 Å². The number of carbonyl (C=O) groups is 2. The standard InChI is InChI=1S/C23H31N3O3.ClH/c1-3-25(17-23(28)29)19-12-14-24(15-13-19)16-22(27)26(4-2)21-11-7-9-18-8-5-6-10-20(18)21;/h5-11,19H,3-4,12-17H2,1-2H3,(H,28,29);1H. The van der Waals surface area contributed by atoms with Gasteiger partial charge in [0.05, 0.1) is 18.8 Å². The van der Waals surface area contributed by atoms with Crippen LogP contribution < -0.4 is 4.90 Å². The number of halogens is 1. The van der Waals surface area contributed by atoms with E-state index in [1.54, 1.807) is 0 Å². The van der Waals surface area contributed by atoms with Gasteiger partial charge in [0.1, 0.15) is 0 Å². The summed E-state index contributed by atoms with van der Waals surface area (Å²) in [6.45, 7) is 7.50. The predicted molar refractivity (Wildman–Crippen MR) is 124 cm³/mol. The highest BCUT2D eigenvalue weighted by molar-refractivity contribution is 6.04. The van der Waals surface area contributed by atoms with Gasteiger partial charge in [0.15, 0.2) is 0 Å². The van der Waals surface area contributed by atoms with Crippen LogP contribution in [0.1, 0.15) is 26.7 Å². The average molecular weight is 434 g/mol. The Balaban J connectivity index is 0.00000320. The lowest BCUT2D eigenvalue weighted by Crippen LogP contribution is -2.49. The van der Waals surface area contributed by atoms with Crippen LogP contribution in [0.3, 0.4) is 0 Å². The topological polar surface area (TPSA) is 64.1 Å². The largest absolute Gasteiger partial charge is 0.480 e. The number of amides is 1. The Kier molecular flexibility index (Phi) is 9.08. The fourth-order valence-electron chi connectivity index (χ4n) is 4.32. The number of aliphatic carboxylic acids is 1. The molecule has 0 bridgehead atoms. The molecule has 6 nitrogen and oxygen atoms in total. The molecule has 1 amide bonds. The number of carboxylic acid groups (broad SMARTS) is 1. The minimum atomic E-state index is -0.780. The van der Waals surface area contributed by atoms with Crippen LogP contribution in [0.2, 0.25) is 0 Å². The monoisotopic (exact) mass is 433 g/mol. The summed E-state index contributed by atoms with van der Waals surface area (Å²) in [5.41, 5.74) is 0.962. The molecular weight excluding hydrogens is 402 g/mol. The van der Waals surface area contributed by atoms with Gasteiger partial charge in [0.25, 0.3) is 0 Å². The molecule has 7 heteroatoms. The minimum absolute atomic E-state index is 0. The zero-order chi connectivity index (χ0) is 20.8. The highest BCUT2D eigenvalue weighted by atomic mass is 35.5. The molecule has 1 N–H and O–H groups in total. The maximum absolute atomic E-state index is 13.1. The van der Waals surface area contributed by atoms with Crippen molar-refractivity contribution in [3.05, 3.63) is 42.5 Å². The molecule has 0 unspecified atom stereocenters. The van der Waals surface area contributed by atoms with Crippen molar-refractivity contribution >= 4 is 40.7 Å². The fraction of sp³-hybridized carbons (Fsp3) is 0.478. The molecule has 0 spiro atoms. The molecule has 164 valence electrons. The molecule has 2 aromatic rings. The number of benzene rings is 2. The van der Waals surface area contributed by atoms with E-state index in [1.165, 1.54) is 0 Å². The number of rotatable bonds is 8. The van der Waals surface area contributed by atoms with E-state index < -0.39 is 5.97 Å². The molecule has 30 heavy (non-hydrogen) atoms. The number of carbonyl (C=O) groups excluding carboxylic acids is 1. The number of hydrogen-bond donors (Lipinski definition) is 1. The van der Waals surface area contributed by atoms with Crippen LogP contribution in [0.5, 0.6) is 0 Å². The average Bonchev–Trinajstić information content (AvgIpc) is 2.73. The number of fused-ring (bicyclic) bond motifs is 1. The molecule has 0 atom stereocenters. The Hall–Kier alpha value is -2.15. The Morgan fingerprint density at radius 2 is 1.70 bits per heavy atom. The lowest BCUT2D eigenvalue weighted by Gasteiger charge is -2.37. The lowest BCUT2D eigenvalue weighted by atomic mass is 10.0. The summed E-state index contributed by atoms with van der Waals surface area (Å²) in [6.07, 6.45) is 1.80. The summed E-state index contributed by atoms with van der Waals surface area (Å²) in [4.78, 5) is 30.2.